The average molecular weight is 423 g/mol. The lowest BCUT2D eigenvalue weighted by Crippen LogP contribution is -2.38. The summed E-state index contributed by atoms with van der Waals surface area (Å²) in [6.45, 7) is 2.84. The number of benzene rings is 2. The van der Waals surface area contributed by atoms with E-state index < -0.39 is 0 Å². The van der Waals surface area contributed by atoms with Gasteiger partial charge < -0.3 is 20.3 Å². The minimum absolute atomic E-state index is 0.328. The number of nitrogens with zero attached hydrogens (tertiary/aromatic N) is 2. The first-order valence-corrected chi connectivity index (χ1v) is 10.2. The smallest absolute Gasteiger partial charge is 0.320 e. The summed E-state index contributed by atoms with van der Waals surface area (Å²) in [6.07, 6.45) is 1.72. The number of carbonyl (C=O) groups excluding carboxylic acids is 1. The van der Waals surface area contributed by atoms with E-state index >= 15 is 0 Å². The van der Waals surface area contributed by atoms with Crippen molar-refractivity contribution in [3.05, 3.63) is 89.2 Å². The fraction of sp³-hybridized carbons (Fsp3) is 0.217. The first kappa shape index (κ1) is 20.2. The highest BCUT2D eigenvalue weighted by Gasteiger charge is 2.20. The van der Waals surface area contributed by atoms with Gasteiger partial charge in [-0.3, -0.25) is 4.98 Å². The molecule has 1 aliphatic heterocycles. The Kier molecular flexibility index (Phi) is 6.47. The maximum atomic E-state index is 13.0. The average Bonchev–Trinajstić information content (AvgIpc) is 2.79. The van der Waals surface area contributed by atoms with Gasteiger partial charge in [0.1, 0.15) is 0 Å². The molecule has 6 nitrogen and oxygen atoms in total. The number of hydrogen-bond donors (Lipinski definition) is 2. The molecule has 1 aromatic heterocycles. The van der Waals surface area contributed by atoms with Crippen molar-refractivity contribution in [1.82, 2.24) is 10.3 Å². The van der Waals surface area contributed by atoms with Crippen molar-refractivity contribution < 1.29 is 9.53 Å². The van der Waals surface area contributed by atoms with Gasteiger partial charge in [0.05, 0.1) is 36.3 Å². The molecule has 0 radical (unpaired) electrons. The molecule has 1 fully saturated rings. The van der Waals surface area contributed by atoms with Crippen LogP contribution in [0.2, 0.25) is 5.02 Å². The third kappa shape index (κ3) is 4.90. The molecule has 3 aromatic rings. The standard InChI is InChI=1S/C23H23ClN4O2/c24-18-9-10-21(28-12-14-30-15-13-28)20(16-18)26-23(29)27-22(17-6-2-1-3-7-17)19-8-4-5-11-25-19/h1-11,16,22H,12-15H2,(H2,26,27,29)/t22-/m1/s1. The Balaban J connectivity index is 1.56. The molecule has 1 saturated heterocycles. The molecule has 154 valence electrons. The molecule has 0 unspecified atom stereocenters. The molecule has 30 heavy (non-hydrogen) atoms. The van der Waals surface area contributed by atoms with Crippen molar-refractivity contribution in [2.24, 2.45) is 0 Å². The Morgan fingerprint density at radius 3 is 2.53 bits per heavy atom. The lowest BCUT2D eigenvalue weighted by Gasteiger charge is -2.30. The maximum Gasteiger partial charge on any atom is 0.320 e. The van der Waals surface area contributed by atoms with Crippen molar-refractivity contribution in [1.29, 1.82) is 0 Å². The molecule has 0 spiro atoms. The lowest BCUT2D eigenvalue weighted by atomic mass is 10.0. The van der Waals surface area contributed by atoms with Crippen molar-refractivity contribution in [3.63, 3.8) is 0 Å². The Hall–Kier alpha value is -3.09. The Labute approximate surface area is 180 Å². The summed E-state index contributed by atoms with van der Waals surface area (Å²) < 4.78 is 5.44. The highest BCUT2D eigenvalue weighted by atomic mass is 35.5. The van der Waals surface area contributed by atoms with E-state index in [1.165, 1.54) is 0 Å². The SMILES string of the molecule is O=C(Nc1cc(Cl)ccc1N1CCOCC1)N[C@H](c1ccccc1)c1ccccn1. The monoisotopic (exact) mass is 422 g/mol. The number of rotatable bonds is 5. The van der Waals surface area contributed by atoms with E-state index in [4.69, 9.17) is 16.3 Å². The van der Waals surface area contributed by atoms with Gasteiger partial charge in [-0.2, -0.15) is 0 Å². The van der Waals surface area contributed by atoms with Gasteiger partial charge in [0.15, 0.2) is 0 Å². The van der Waals surface area contributed by atoms with Gasteiger partial charge >= 0.3 is 6.03 Å². The lowest BCUT2D eigenvalue weighted by molar-refractivity contribution is 0.123. The predicted molar refractivity (Wildman–Crippen MR) is 119 cm³/mol. The minimum Gasteiger partial charge on any atom is -0.378 e. The van der Waals surface area contributed by atoms with Crippen LogP contribution in [0.3, 0.4) is 0 Å². The van der Waals surface area contributed by atoms with E-state index in [0.29, 0.717) is 23.9 Å². The summed E-state index contributed by atoms with van der Waals surface area (Å²) in [6, 6.07) is 20.3. The molecular weight excluding hydrogens is 400 g/mol. The van der Waals surface area contributed by atoms with Crippen LogP contribution >= 0.6 is 11.6 Å². The second kappa shape index (κ2) is 9.61. The fourth-order valence-electron chi connectivity index (χ4n) is 3.50. The van der Waals surface area contributed by atoms with Crippen LogP contribution in [0.15, 0.2) is 72.9 Å². The highest BCUT2D eigenvalue weighted by Crippen LogP contribution is 2.30. The predicted octanol–water partition coefficient (Wildman–Crippen LogP) is 4.48. The van der Waals surface area contributed by atoms with Crippen LogP contribution in [0, 0.1) is 0 Å². The zero-order valence-corrected chi connectivity index (χ0v) is 17.2. The van der Waals surface area contributed by atoms with Crippen molar-refractivity contribution >= 4 is 29.0 Å². The van der Waals surface area contributed by atoms with E-state index in [1.54, 1.807) is 12.3 Å². The van der Waals surface area contributed by atoms with Crippen LogP contribution in [0.25, 0.3) is 0 Å². The van der Waals surface area contributed by atoms with E-state index in [1.807, 2.05) is 60.7 Å². The molecule has 2 aromatic carbocycles. The Morgan fingerprint density at radius 1 is 1.03 bits per heavy atom. The maximum absolute atomic E-state index is 13.0. The number of hydrogen-bond acceptors (Lipinski definition) is 4. The molecule has 2 N–H and O–H groups in total. The minimum atomic E-state index is -0.376. The number of urea groups is 1. The van der Waals surface area contributed by atoms with Gasteiger partial charge in [0.25, 0.3) is 0 Å². The summed E-state index contributed by atoms with van der Waals surface area (Å²) in [5.74, 6) is 0. The number of amides is 2. The van der Waals surface area contributed by atoms with E-state index in [-0.39, 0.29) is 12.1 Å². The topological polar surface area (TPSA) is 66.5 Å². The highest BCUT2D eigenvalue weighted by molar-refractivity contribution is 6.31. The van der Waals surface area contributed by atoms with E-state index in [0.717, 1.165) is 30.0 Å². The normalized spacial score (nSPS) is 14.8. The largest absolute Gasteiger partial charge is 0.378 e. The number of anilines is 2. The first-order valence-electron chi connectivity index (χ1n) is 9.86. The zero-order chi connectivity index (χ0) is 20.8. The first-order chi connectivity index (χ1) is 14.7. The molecule has 1 aliphatic rings. The van der Waals surface area contributed by atoms with Gasteiger partial charge in [0, 0.05) is 24.3 Å². The van der Waals surface area contributed by atoms with Gasteiger partial charge in [-0.25, -0.2) is 4.79 Å². The number of halogens is 1. The molecule has 0 aliphatic carbocycles. The molecule has 1 atom stereocenters. The molecule has 0 saturated carbocycles. The molecule has 2 amide bonds. The van der Waals surface area contributed by atoms with Gasteiger partial charge in [-0.15, -0.1) is 0 Å². The second-order valence-electron chi connectivity index (χ2n) is 6.96. The van der Waals surface area contributed by atoms with Gasteiger partial charge in [0.2, 0.25) is 0 Å². The summed E-state index contributed by atoms with van der Waals surface area (Å²) in [7, 11) is 0. The number of ether oxygens (including phenoxy) is 1. The number of pyridine rings is 1. The molecule has 4 rings (SSSR count). The van der Waals surface area contributed by atoms with Crippen LogP contribution in [0.5, 0.6) is 0 Å². The van der Waals surface area contributed by atoms with Crippen LogP contribution in [-0.2, 0) is 4.74 Å². The van der Waals surface area contributed by atoms with Crippen LogP contribution in [-0.4, -0.2) is 37.3 Å². The van der Waals surface area contributed by atoms with E-state index in [9.17, 15) is 4.79 Å². The van der Waals surface area contributed by atoms with Crippen molar-refractivity contribution in [3.8, 4) is 0 Å². The number of nitrogens with one attached hydrogen (secondary N) is 2. The number of aromatic nitrogens is 1. The molecule has 0 bridgehead atoms. The Morgan fingerprint density at radius 2 is 1.80 bits per heavy atom. The zero-order valence-electron chi connectivity index (χ0n) is 16.4. The molecule has 7 heteroatoms. The number of morpholine rings is 1. The van der Waals surface area contributed by atoms with Crippen molar-refractivity contribution in [2.75, 3.05) is 36.5 Å². The summed E-state index contributed by atoms with van der Waals surface area (Å²) in [5, 5.41) is 6.58. The van der Waals surface area contributed by atoms with Crippen LogP contribution < -0.4 is 15.5 Å². The summed E-state index contributed by atoms with van der Waals surface area (Å²) in [4.78, 5) is 19.6. The summed E-state index contributed by atoms with van der Waals surface area (Å²) in [5.41, 5.74) is 3.30. The second-order valence-corrected chi connectivity index (χ2v) is 7.39. The van der Waals surface area contributed by atoms with Crippen molar-refractivity contribution in [2.45, 2.75) is 6.04 Å². The quantitative estimate of drug-likeness (QED) is 0.636. The number of carbonyl (C=O) groups is 1. The fourth-order valence-corrected chi connectivity index (χ4v) is 3.67. The molecule has 2 heterocycles. The van der Waals surface area contributed by atoms with Gasteiger partial charge in [-0.05, 0) is 35.9 Å². The van der Waals surface area contributed by atoms with Crippen LogP contribution in [0.1, 0.15) is 17.3 Å². The molecular formula is C23H23ClN4O2. The Bertz CT molecular complexity index is 940. The third-order valence-corrected chi connectivity index (χ3v) is 5.19. The van der Waals surface area contributed by atoms with Crippen LogP contribution in [0.4, 0.5) is 16.2 Å². The third-order valence-electron chi connectivity index (χ3n) is 4.95. The van der Waals surface area contributed by atoms with E-state index in [2.05, 4.69) is 20.5 Å². The summed E-state index contributed by atoms with van der Waals surface area (Å²) >= 11 is 6.21. The van der Waals surface area contributed by atoms with Gasteiger partial charge in [-0.1, -0.05) is 48.0 Å².